The van der Waals surface area contributed by atoms with Crippen LogP contribution in [0.4, 0.5) is 5.69 Å². The smallest absolute Gasteiger partial charge is 0.303 e. The lowest BCUT2D eigenvalue weighted by Gasteiger charge is -2.44. The number of hydrogen-bond donors (Lipinski definition) is 2. The lowest BCUT2D eigenvalue weighted by Crippen LogP contribution is -2.66. The Morgan fingerprint density at radius 1 is 0.857 bits per heavy atom. The number of methoxy groups -OCH3 is 1. The van der Waals surface area contributed by atoms with Crippen molar-refractivity contribution in [1.82, 2.24) is 5.32 Å². The highest BCUT2D eigenvalue weighted by Crippen LogP contribution is 2.28. The molecule has 1 heterocycles. The van der Waals surface area contributed by atoms with E-state index in [-0.39, 0.29) is 11.7 Å². The number of esters is 4. The van der Waals surface area contributed by atoms with E-state index in [1.165, 1.54) is 6.92 Å². The highest BCUT2D eigenvalue weighted by Gasteiger charge is 2.52. The molecule has 5 unspecified atom stereocenters. The molecule has 0 bridgehead atoms. The van der Waals surface area contributed by atoms with E-state index in [1.54, 1.807) is 31.4 Å². The summed E-state index contributed by atoms with van der Waals surface area (Å²) in [6.45, 7) is 4.30. The summed E-state index contributed by atoms with van der Waals surface area (Å²) in [6, 6.07) is 6.89. The van der Waals surface area contributed by atoms with Gasteiger partial charge in [0.1, 0.15) is 18.5 Å². The predicted octanol–water partition coefficient (Wildman–Crippen LogP) is 1.06. The molecule has 2 rings (SSSR count). The maximum absolute atomic E-state index is 11.9. The third kappa shape index (κ3) is 8.68. The van der Waals surface area contributed by atoms with Crippen molar-refractivity contribution in [2.45, 2.75) is 58.3 Å². The van der Waals surface area contributed by atoms with Gasteiger partial charge in [0.15, 0.2) is 29.7 Å². The SMILES string of the molecule is COc1ccc(NC(=S)NC2OC(COC(C)=O)C(OC(C)=O)C(OC(C)=O)C2OC(C)=O)cc1. The van der Waals surface area contributed by atoms with Gasteiger partial charge in [0.25, 0.3) is 0 Å². The summed E-state index contributed by atoms with van der Waals surface area (Å²) in [7, 11) is 1.54. The molecule has 0 aromatic heterocycles. The second-order valence-electron chi connectivity index (χ2n) is 7.45. The van der Waals surface area contributed by atoms with E-state index >= 15 is 0 Å². The number of nitrogens with one attached hydrogen (secondary N) is 2. The highest BCUT2D eigenvalue weighted by atomic mass is 32.1. The lowest BCUT2D eigenvalue weighted by atomic mass is 9.97. The van der Waals surface area contributed by atoms with Crippen LogP contribution in [0.5, 0.6) is 5.75 Å². The van der Waals surface area contributed by atoms with Crippen LogP contribution in [0.15, 0.2) is 24.3 Å². The van der Waals surface area contributed by atoms with E-state index in [9.17, 15) is 19.2 Å². The van der Waals surface area contributed by atoms with Crippen LogP contribution in [0, 0.1) is 0 Å². The van der Waals surface area contributed by atoms with Crippen molar-refractivity contribution < 1.29 is 47.6 Å². The standard InChI is InChI=1S/C22H28N2O10S/c1-11(25)30-10-17-18(31-12(2)26)19(32-13(3)27)20(33-14(4)28)21(34-17)24-22(35)23-15-6-8-16(29-5)9-7-15/h6-9,17-21H,10H2,1-5H3,(H2,23,24,35). The van der Waals surface area contributed by atoms with Crippen LogP contribution >= 0.6 is 12.2 Å². The quantitative estimate of drug-likeness (QED) is 0.291. The largest absolute Gasteiger partial charge is 0.497 e. The second-order valence-corrected chi connectivity index (χ2v) is 7.86. The van der Waals surface area contributed by atoms with Crippen molar-refractivity contribution in [3.63, 3.8) is 0 Å². The Morgan fingerprint density at radius 3 is 1.91 bits per heavy atom. The van der Waals surface area contributed by atoms with Gasteiger partial charge in [-0.05, 0) is 36.5 Å². The third-order valence-electron chi connectivity index (χ3n) is 4.61. The molecule has 1 aliphatic rings. The van der Waals surface area contributed by atoms with Gasteiger partial charge < -0.3 is 39.1 Å². The summed E-state index contributed by atoms with van der Waals surface area (Å²) in [5.41, 5.74) is 0.619. The van der Waals surface area contributed by atoms with E-state index in [0.29, 0.717) is 11.4 Å². The maximum Gasteiger partial charge on any atom is 0.303 e. The molecule has 0 saturated carbocycles. The minimum absolute atomic E-state index is 0.0797. The van der Waals surface area contributed by atoms with Crippen LogP contribution in [-0.2, 0) is 42.9 Å². The topological polar surface area (TPSA) is 148 Å². The fourth-order valence-corrected chi connectivity index (χ4v) is 3.55. The summed E-state index contributed by atoms with van der Waals surface area (Å²) in [4.78, 5) is 46.9. The zero-order valence-corrected chi connectivity index (χ0v) is 20.7. The average molecular weight is 513 g/mol. The predicted molar refractivity (Wildman–Crippen MR) is 124 cm³/mol. The van der Waals surface area contributed by atoms with Crippen LogP contribution in [0.1, 0.15) is 27.7 Å². The van der Waals surface area contributed by atoms with E-state index in [2.05, 4.69) is 10.6 Å². The average Bonchev–Trinajstić information content (AvgIpc) is 2.76. The summed E-state index contributed by atoms with van der Waals surface area (Å²) >= 11 is 5.36. The Bertz CT molecular complexity index is 939. The van der Waals surface area contributed by atoms with Crippen molar-refractivity contribution in [1.29, 1.82) is 0 Å². The third-order valence-corrected chi connectivity index (χ3v) is 4.83. The number of carbonyl (C=O) groups is 4. The molecule has 0 radical (unpaired) electrons. The molecular formula is C22H28N2O10S. The Labute approximate surface area is 207 Å². The zero-order valence-electron chi connectivity index (χ0n) is 19.9. The van der Waals surface area contributed by atoms with Crippen LogP contribution < -0.4 is 15.4 Å². The first-order chi connectivity index (χ1) is 16.5. The molecule has 1 aliphatic heterocycles. The summed E-state index contributed by atoms with van der Waals surface area (Å²) in [5, 5.41) is 5.89. The minimum Gasteiger partial charge on any atom is -0.497 e. The van der Waals surface area contributed by atoms with Gasteiger partial charge in [0.05, 0.1) is 7.11 Å². The number of hydrogen-bond acceptors (Lipinski definition) is 11. The number of ether oxygens (including phenoxy) is 6. The fourth-order valence-electron chi connectivity index (χ4n) is 3.32. The van der Waals surface area contributed by atoms with Crippen LogP contribution in [-0.4, -0.2) is 73.4 Å². The van der Waals surface area contributed by atoms with Crippen molar-refractivity contribution >= 4 is 46.9 Å². The monoisotopic (exact) mass is 512 g/mol. The Hall–Kier alpha value is -3.45. The van der Waals surface area contributed by atoms with Crippen LogP contribution in [0.3, 0.4) is 0 Å². The summed E-state index contributed by atoms with van der Waals surface area (Å²) < 4.78 is 32.2. The van der Waals surface area contributed by atoms with Crippen molar-refractivity contribution in [3.8, 4) is 5.75 Å². The Kier molecular flexibility index (Phi) is 10.2. The molecule has 0 aliphatic carbocycles. The zero-order chi connectivity index (χ0) is 26.1. The molecule has 1 saturated heterocycles. The second kappa shape index (κ2) is 12.9. The van der Waals surface area contributed by atoms with Crippen LogP contribution in [0.25, 0.3) is 0 Å². The first-order valence-corrected chi connectivity index (χ1v) is 10.9. The maximum atomic E-state index is 11.9. The molecule has 13 heteroatoms. The summed E-state index contributed by atoms with van der Waals surface area (Å²) in [5.74, 6) is -2.11. The lowest BCUT2D eigenvalue weighted by molar-refractivity contribution is -0.254. The molecule has 5 atom stereocenters. The number of benzene rings is 1. The molecule has 35 heavy (non-hydrogen) atoms. The number of carbonyl (C=O) groups excluding carboxylic acids is 4. The van der Waals surface area contributed by atoms with Gasteiger partial charge in [0, 0.05) is 33.4 Å². The van der Waals surface area contributed by atoms with Gasteiger partial charge >= 0.3 is 23.9 Å². The van der Waals surface area contributed by atoms with Crippen molar-refractivity contribution in [2.75, 3.05) is 19.0 Å². The van der Waals surface area contributed by atoms with Crippen molar-refractivity contribution in [2.24, 2.45) is 0 Å². The first kappa shape index (κ1) is 27.8. The van der Waals surface area contributed by atoms with Gasteiger partial charge in [-0.2, -0.15) is 0 Å². The molecule has 12 nitrogen and oxygen atoms in total. The Morgan fingerprint density at radius 2 is 1.40 bits per heavy atom. The molecular weight excluding hydrogens is 484 g/mol. The van der Waals surface area contributed by atoms with E-state index in [4.69, 9.17) is 40.6 Å². The number of rotatable bonds is 8. The minimum atomic E-state index is -1.30. The number of anilines is 1. The molecule has 0 amide bonds. The van der Waals surface area contributed by atoms with Gasteiger partial charge in [-0.1, -0.05) is 0 Å². The molecule has 2 N–H and O–H groups in total. The van der Waals surface area contributed by atoms with Gasteiger partial charge in [-0.3, -0.25) is 19.2 Å². The van der Waals surface area contributed by atoms with Gasteiger partial charge in [-0.15, -0.1) is 0 Å². The highest BCUT2D eigenvalue weighted by molar-refractivity contribution is 7.80. The molecule has 1 fully saturated rings. The first-order valence-electron chi connectivity index (χ1n) is 10.5. The normalized spacial score (nSPS) is 23.3. The van der Waals surface area contributed by atoms with Crippen LogP contribution in [0.2, 0.25) is 0 Å². The van der Waals surface area contributed by atoms with E-state index in [0.717, 1.165) is 20.8 Å². The summed E-state index contributed by atoms with van der Waals surface area (Å²) in [6.07, 6.45) is -6.07. The van der Waals surface area contributed by atoms with Crippen molar-refractivity contribution in [3.05, 3.63) is 24.3 Å². The molecule has 192 valence electrons. The van der Waals surface area contributed by atoms with Gasteiger partial charge in [-0.25, -0.2) is 0 Å². The number of thiocarbonyl (C=S) groups is 1. The molecule has 1 aromatic rings. The van der Waals surface area contributed by atoms with E-state index < -0.39 is 54.5 Å². The fraction of sp³-hybridized carbons (Fsp3) is 0.500. The van der Waals surface area contributed by atoms with E-state index in [1.807, 2.05) is 0 Å². The Balaban J connectivity index is 2.33. The van der Waals surface area contributed by atoms with Gasteiger partial charge in [0.2, 0.25) is 0 Å². The molecule has 1 aromatic carbocycles. The molecule has 0 spiro atoms.